The monoisotopic (exact) mass is 273 g/mol. The quantitative estimate of drug-likeness (QED) is 0.902. The van der Waals surface area contributed by atoms with Crippen molar-refractivity contribution in [2.24, 2.45) is 0 Å². The lowest BCUT2D eigenvalue weighted by Crippen LogP contribution is -2.54. The molecule has 1 saturated carbocycles. The van der Waals surface area contributed by atoms with Crippen LogP contribution in [0, 0.1) is 0 Å². The van der Waals surface area contributed by atoms with Crippen LogP contribution in [0.2, 0.25) is 0 Å². The van der Waals surface area contributed by atoms with Gasteiger partial charge in [-0.1, -0.05) is 18.2 Å². The van der Waals surface area contributed by atoms with Gasteiger partial charge < -0.3 is 10.2 Å². The highest BCUT2D eigenvalue weighted by atomic mass is 16.2. The summed E-state index contributed by atoms with van der Waals surface area (Å²) in [5.41, 5.74) is 1.28. The zero-order valence-electron chi connectivity index (χ0n) is 12.1. The maximum Gasteiger partial charge on any atom is 0.237 e. The van der Waals surface area contributed by atoms with Gasteiger partial charge in [-0.15, -0.1) is 0 Å². The molecule has 108 valence electrons. The number of nitrogens with one attached hydrogen (secondary N) is 1. The second-order valence-corrected chi connectivity index (χ2v) is 5.82. The molecule has 0 radical (unpaired) electrons. The van der Waals surface area contributed by atoms with Crippen molar-refractivity contribution in [2.45, 2.75) is 31.8 Å². The Hall–Kier alpha value is -1.55. The molecule has 1 aromatic rings. The first kappa shape index (κ1) is 13.4. The van der Waals surface area contributed by atoms with Gasteiger partial charge in [0.25, 0.3) is 0 Å². The van der Waals surface area contributed by atoms with Crippen LogP contribution in [0.15, 0.2) is 30.3 Å². The van der Waals surface area contributed by atoms with E-state index in [2.05, 4.69) is 39.4 Å². The molecular weight excluding hydrogens is 250 g/mol. The second-order valence-electron chi connectivity index (χ2n) is 5.82. The molecule has 4 nitrogen and oxygen atoms in total. The van der Waals surface area contributed by atoms with Crippen molar-refractivity contribution in [3.05, 3.63) is 30.3 Å². The lowest BCUT2D eigenvalue weighted by molar-refractivity contribution is -0.126. The minimum Gasteiger partial charge on any atom is -0.369 e. The fourth-order valence-electron chi connectivity index (χ4n) is 2.72. The Morgan fingerprint density at radius 1 is 1.15 bits per heavy atom. The third-order valence-electron chi connectivity index (χ3n) is 4.29. The molecule has 4 heteroatoms. The van der Waals surface area contributed by atoms with Crippen molar-refractivity contribution >= 4 is 11.6 Å². The summed E-state index contributed by atoms with van der Waals surface area (Å²) in [4.78, 5) is 16.8. The lowest BCUT2D eigenvalue weighted by atomic mass is 10.2. The Labute approximate surface area is 120 Å². The van der Waals surface area contributed by atoms with E-state index in [4.69, 9.17) is 0 Å². The molecule has 20 heavy (non-hydrogen) atoms. The number of amides is 1. The summed E-state index contributed by atoms with van der Waals surface area (Å²) in [7, 11) is 0. The van der Waals surface area contributed by atoms with E-state index in [1.54, 1.807) is 0 Å². The Morgan fingerprint density at radius 3 is 2.40 bits per heavy atom. The van der Waals surface area contributed by atoms with Gasteiger partial charge in [-0.25, -0.2) is 0 Å². The first-order valence-electron chi connectivity index (χ1n) is 7.58. The van der Waals surface area contributed by atoms with Gasteiger partial charge in [0.05, 0.1) is 6.04 Å². The zero-order valence-corrected chi connectivity index (χ0v) is 12.1. The van der Waals surface area contributed by atoms with E-state index in [0.717, 1.165) is 39.0 Å². The highest BCUT2D eigenvalue weighted by Gasteiger charge is 2.29. The van der Waals surface area contributed by atoms with E-state index in [9.17, 15) is 4.79 Å². The van der Waals surface area contributed by atoms with Gasteiger partial charge in [-0.05, 0) is 31.9 Å². The Bertz CT molecular complexity index is 450. The van der Waals surface area contributed by atoms with Crippen LogP contribution >= 0.6 is 0 Å². The van der Waals surface area contributed by atoms with Gasteiger partial charge >= 0.3 is 0 Å². The van der Waals surface area contributed by atoms with Crippen molar-refractivity contribution in [3.8, 4) is 0 Å². The smallest absolute Gasteiger partial charge is 0.237 e. The molecule has 0 unspecified atom stereocenters. The van der Waals surface area contributed by atoms with Crippen LogP contribution in [-0.2, 0) is 4.79 Å². The van der Waals surface area contributed by atoms with Crippen LogP contribution in [-0.4, -0.2) is 49.1 Å². The Kier molecular flexibility index (Phi) is 3.92. The number of carbonyl (C=O) groups is 1. The summed E-state index contributed by atoms with van der Waals surface area (Å²) in [5.74, 6) is 0.195. The summed E-state index contributed by atoms with van der Waals surface area (Å²) >= 11 is 0. The number of rotatable bonds is 4. The third kappa shape index (κ3) is 3.12. The zero-order chi connectivity index (χ0) is 13.9. The summed E-state index contributed by atoms with van der Waals surface area (Å²) < 4.78 is 0. The predicted octanol–water partition coefficient (Wildman–Crippen LogP) is 1.48. The maximum atomic E-state index is 12.1. The summed E-state index contributed by atoms with van der Waals surface area (Å²) in [6.45, 7) is 5.91. The highest BCUT2D eigenvalue weighted by Crippen LogP contribution is 2.20. The topological polar surface area (TPSA) is 35.6 Å². The first-order chi connectivity index (χ1) is 9.74. The standard InChI is InChI=1S/C16H23N3O/c1-13(16(20)17-14-7-8-14)18-9-11-19(12-10-18)15-5-3-2-4-6-15/h2-6,13-14H,7-12H2,1H3,(H,17,20)/t13-/m1/s1. The van der Waals surface area contributed by atoms with Crippen LogP contribution < -0.4 is 10.2 Å². The number of nitrogens with zero attached hydrogens (tertiary/aromatic N) is 2. The molecular formula is C16H23N3O. The largest absolute Gasteiger partial charge is 0.369 e. The summed E-state index contributed by atoms with van der Waals surface area (Å²) in [5, 5.41) is 3.10. The van der Waals surface area contributed by atoms with Crippen molar-refractivity contribution < 1.29 is 4.79 Å². The Balaban J connectivity index is 1.51. The normalized spacial score (nSPS) is 21.6. The average Bonchev–Trinajstić information content (AvgIpc) is 3.31. The van der Waals surface area contributed by atoms with E-state index >= 15 is 0 Å². The van der Waals surface area contributed by atoms with E-state index in [0.29, 0.717) is 6.04 Å². The first-order valence-corrected chi connectivity index (χ1v) is 7.58. The maximum absolute atomic E-state index is 12.1. The van der Waals surface area contributed by atoms with E-state index < -0.39 is 0 Å². The molecule has 1 amide bonds. The van der Waals surface area contributed by atoms with Crippen LogP contribution in [0.3, 0.4) is 0 Å². The van der Waals surface area contributed by atoms with Crippen molar-refractivity contribution in [3.63, 3.8) is 0 Å². The minimum atomic E-state index is -0.00600. The molecule has 1 saturated heterocycles. The highest BCUT2D eigenvalue weighted by molar-refractivity contribution is 5.81. The number of carbonyl (C=O) groups excluding carboxylic acids is 1. The van der Waals surface area contributed by atoms with Gasteiger partial charge in [0.15, 0.2) is 0 Å². The molecule has 1 heterocycles. The molecule has 2 aliphatic rings. The van der Waals surface area contributed by atoms with Crippen molar-refractivity contribution in [1.82, 2.24) is 10.2 Å². The van der Waals surface area contributed by atoms with Crippen molar-refractivity contribution in [2.75, 3.05) is 31.1 Å². The summed E-state index contributed by atoms with van der Waals surface area (Å²) in [6.07, 6.45) is 2.31. The lowest BCUT2D eigenvalue weighted by Gasteiger charge is -2.38. The van der Waals surface area contributed by atoms with E-state index in [-0.39, 0.29) is 11.9 Å². The Morgan fingerprint density at radius 2 is 1.80 bits per heavy atom. The van der Waals surface area contributed by atoms with Crippen LogP contribution in [0.4, 0.5) is 5.69 Å². The number of anilines is 1. The third-order valence-corrected chi connectivity index (χ3v) is 4.29. The van der Waals surface area contributed by atoms with Crippen LogP contribution in [0.5, 0.6) is 0 Å². The van der Waals surface area contributed by atoms with Gasteiger partial charge in [-0.2, -0.15) is 0 Å². The molecule has 0 aromatic heterocycles. The number of hydrogen-bond acceptors (Lipinski definition) is 3. The van der Waals surface area contributed by atoms with Gasteiger partial charge in [-0.3, -0.25) is 9.69 Å². The van der Waals surface area contributed by atoms with E-state index in [1.807, 2.05) is 13.0 Å². The van der Waals surface area contributed by atoms with Crippen LogP contribution in [0.1, 0.15) is 19.8 Å². The molecule has 0 spiro atoms. The SMILES string of the molecule is C[C@H](C(=O)NC1CC1)N1CCN(c2ccccc2)CC1. The molecule has 0 bridgehead atoms. The number of para-hydroxylation sites is 1. The number of hydrogen-bond donors (Lipinski definition) is 1. The fraction of sp³-hybridized carbons (Fsp3) is 0.562. The second kappa shape index (κ2) is 5.83. The molecule has 1 aromatic carbocycles. The van der Waals surface area contributed by atoms with E-state index in [1.165, 1.54) is 5.69 Å². The van der Waals surface area contributed by atoms with Crippen molar-refractivity contribution in [1.29, 1.82) is 0 Å². The molecule has 2 fully saturated rings. The molecule has 1 aliphatic carbocycles. The van der Waals surface area contributed by atoms with Crippen LogP contribution in [0.25, 0.3) is 0 Å². The molecule has 1 atom stereocenters. The molecule has 3 rings (SSSR count). The number of benzene rings is 1. The summed E-state index contributed by atoms with van der Waals surface area (Å²) in [6, 6.07) is 11.0. The molecule has 1 aliphatic heterocycles. The fourth-order valence-corrected chi connectivity index (χ4v) is 2.72. The molecule has 1 N–H and O–H groups in total. The predicted molar refractivity (Wildman–Crippen MR) is 80.9 cm³/mol. The van der Waals surface area contributed by atoms with Gasteiger partial charge in [0.1, 0.15) is 0 Å². The minimum absolute atomic E-state index is 0.00600. The van der Waals surface area contributed by atoms with Gasteiger partial charge in [0, 0.05) is 37.9 Å². The average molecular weight is 273 g/mol. The number of piperazine rings is 1. The van der Waals surface area contributed by atoms with Gasteiger partial charge in [0.2, 0.25) is 5.91 Å².